The Balaban J connectivity index is 0.738. The van der Waals surface area contributed by atoms with Gasteiger partial charge < -0.3 is 19.4 Å². The summed E-state index contributed by atoms with van der Waals surface area (Å²) in [5, 5.41) is 12.4. The van der Waals surface area contributed by atoms with E-state index < -0.39 is 62.7 Å². The zero-order chi connectivity index (χ0) is 48.1. The van der Waals surface area contributed by atoms with Crippen molar-refractivity contribution in [2.75, 3.05) is 73.4 Å². The Bertz CT molecular complexity index is 3100. The molecule has 5 aliphatic heterocycles. The Morgan fingerprint density at radius 3 is 2.32 bits per heavy atom. The number of amides is 3. The number of imide groups is 1. The number of ether oxygens (including phenoxy) is 1. The fraction of sp³-hybridized carbons (Fsp3) is 0.375. The summed E-state index contributed by atoms with van der Waals surface area (Å²) in [6, 6.07) is 18.2. The van der Waals surface area contributed by atoms with Crippen LogP contribution in [0.4, 0.5) is 30.2 Å². The second-order valence-electron chi connectivity index (χ2n) is 18.0. The standard InChI is InChI=1S/C48H47F3N10O7S/c49-30-15-18-59(26-30)69(66,67)55-40-9-7-38(50)45(36(40)24-52)68-33-5-8-39-35(23-33)48(65)61(28-53-39)32-3-1-31(2-4-32)57-21-19-56(20-22-57)25-29-13-16-58(17-14-29)41-10-6-34-37(44(41)51)27-60(47(34)64)42-11-12-43(62)54-46(42)63/h1-10,23,28-30,42,55H,11-22,25-27H2,(H,54,62,63)/t30-,42?/m1/s1. The average molecular weight is 965 g/mol. The van der Waals surface area contributed by atoms with Gasteiger partial charge in [-0.05, 0) is 98.3 Å². The minimum atomic E-state index is -4.25. The van der Waals surface area contributed by atoms with Crippen LogP contribution in [0.15, 0.2) is 77.9 Å². The van der Waals surface area contributed by atoms with Gasteiger partial charge in [-0.1, -0.05) is 0 Å². The molecule has 69 heavy (non-hydrogen) atoms. The number of nitriles is 1. The van der Waals surface area contributed by atoms with E-state index in [-0.39, 0.29) is 67.2 Å². The van der Waals surface area contributed by atoms with Crippen LogP contribution in [0.1, 0.15) is 53.6 Å². The van der Waals surface area contributed by atoms with Gasteiger partial charge in [0.2, 0.25) is 11.8 Å². The monoisotopic (exact) mass is 964 g/mol. The smallest absolute Gasteiger partial charge is 0.301 e. The summed E-state index contributed by atoms with van der Waals surface area (Å²) in [5.41, 5.74) is 1.80. The Hall–Kier alpha value is -7.02. The highest BCUT2D eigenvalue weighted by Gasteiger charge is 2.41. The number of halogens is 3. The summed E-state index contributed by atoms with van der Waals surface area (Å²) in [5.74, 6) is -2.79. The summed E-state index contributed by atoms with van der Waals surface area (Å²) in [7, 11) is -4.25. The van der Waals surface area contributed by atoms with E-state index in [1.54, 1.807) is 18.2 Å². The first-order chi connectivity index (χ1) is 33.2. The lowest BCUT2D eigenvalue weighted by Gasteiger charge is -2.40. The highest BCUT2D eigenvalue weighted by atomic mass is 32.2. The minimum absolute atomic E-state index is 0.00197. The molecule has 2 atom stereocenters. The lowest BCUT2D eigenvalue weighted by Crippen LogP contribution is -2.52. The topological polar surface area (TPSA) is 194 Å². The van der Waals surface area contributed by atoms with Crippen LogP contribution in [0.2, 0.25) is 0 Å². The maximum Gasteiger partial charge on any atom is 0.301 e. The largest absolute Gasteiger partial charge is 0.453 e. The van der Waals surface area contributed by atoms with Crippen molar-refractivity contribution in [3.8, 4) is 23.3 Å². The summed E-state index contributed by atoms with van der Waals surface area (Å²) in [6.07, 6.45) is 2.27. The number of nitrogens with zero attached hydrogens (tertiary/aromatic N) is 8. The Morgan fingerprint density at radius 2 is 1.61 bits per heavy atom. The SMILES string of the molecule is N#Cc1c(NS(=O)(=O)N2CC[C@@H](F)C2)ccc(F)c1Oc1ccc2ncn(-c3ccc(N4CCN(CC5CCN(c6ccc7c(c6F)CN(C6CCC(=O)NC6=O)C7=O)CC5)CC4)cc3)c(=O)c2c1. The molecule has 4 fully saturated rings. The van der Waals surface area contributed by atoms with Gasteiger partial charge in [0.05, 0.1) is 34.5 Å². The first-order valence-electron chi connectivity index (χ1n) is 22.9. The third-order valence-electron chi connectivity index (χ3n) is 13.8. The molecule has 4 saturated heterocycles. The fourth-order valence-corrected chi connectivity index (χ4v) is 11.3. The molecule has 2 N–H and O–H groups in total. The first-order valence-corrected chi connectivity index (χ1v) is 24.3. The van der Waals surface area contributed by atoms with E-state index in [4.69, 9.17) is 4.74 Å². The Kier molecular flexibility index (Phi) is 12.2. The summed E-state index contributed by atoms with van der Waals surface area (Å²) < 4.78 is 81.1. The van der Waals surface area contributed by atoms with Gasteiger partial charge in [-0.3, -0.25) is 38.7 Å². The molecule has 358 valence electrons. The Morgan fingerprint density at radius 1 is 0.855 bits per heavy atom. The van der Waals surface area contributed by atoms with Crippen LogP contribution >= 0.6 is 0 Å². The number of aromatic nitrogens is 2. The van der Waals surface area contributed by atoms with Gasteiger partial charge in [0.15, 0.2) is 17.4 Å². The second kappa shape index (κ2) is 18.5. The van der Waals surface area contributed by atoms with Gasteiger partial charge in [-0.25, -0.2) is 18.2 Å². The van der Waals surface area contributed by atoms with Gasteiger partial charge in [-0.15, -0.1) is 0 Å². The van der Waals surface area contributed by atoms with Gasteiger partial charge in [-0.2, -0.15) is 18.0 Å². The molecule has 1 unspecified atom stereocenters. The zero-order valence-corrected chi connectivity index (χ0v) is 38.1. The van der Waals surface area contributed by atoms with Crippen molar-refractivity contribution in [3.05, 3.63) is 112 Å². The highest BCUT2D eigenvalue weighted by Crippen LogP contribution is 2.37. The molecule has 10 rings (SSSR count). The van der Waals surface area contributed by atoms with Crippen LogP contribution < -0.4 is 30.1 Å². The molecular weight excluding hydrogens is 918 g/mol. The maximum atomic E-state index is 16.0. The third kappa shape index (κ3) is 8.95. The number of anilines is 3. The molecular formula is C48H47F3N10O7S. The Labute approximate surface area is 394 Å². The molecule has 5 aromatic rings. The molecule has 4 aromatic carbocycles. The molecule has 6 heterocycles. The molecule has 0 aliphatic carbocycles. The lowest BCUT2D eigenvalue weighted by atomic mass is 9.95. The van der Waals surface area contributed by atoms with Crippen LogP contribution in [0, 0.1) is 28.9 Å². The van der Waals surface area contributed by atoms with Crippen molar-refractivity contribution in [3.63, 3.8) is 0 Å². The minimum Gasteiger partial charge on any atom is -0.453 e. The molecule has 0 saturated carbocycles. The molecule has 1 aromatic heterocycles. The van der Waals surface area contributed by atoms with Gasteiger partial charge in [0, 0.05) is 82.1 Å². The number of benzene rings is 4. The van der Waals surface area contributed by atoms with E-state index in [0.717, 1.165) is 67.7 Å². The molecule has 21 heteroatoms. The number of hydrogen-bond donors (Lipinski definition) is 2. The van der Waals surface area contributed by atoms with Crippen molar-refractivity contribution in [2.24, 2.45) is 5.92 Å². The normalized spacial score (nSPS) is 20.6. The van der Waals surface area contributed by atoms with E-state index in [0.29, 0.717) is 41.5 Å². The van der Waals surface area contributed by atoms with Crippen LogP contribution in [0.25, 0.3) is 16.6 Å². The van der Waals surface area contributed by atoms with E-state index >= 15 is 8.78 Å². The maximum absolute atomic E-state index is 16.0. The van der Waals surface area contributed by atoms with Crippen LogP contribution in [-0.4, -0.2) is 121 Å². The quantitative estimate of drug-likeness (QED) is 0.172. The van der Waals surface area contributed by atoms with Crippen molar-refractivity contribution in [1.82, 2.24) is 29.0 Å². The van der Waals surface area contributed by atoms with Gasteiger partial charge >= 0.3 is 10.2 Å². The zero-order valence-electron chi connectivity index (χ0n) is 37.2. The summed E-state index contributed by atoms with van der Waals surface area (Å²) in [4.78, 5) is 63.8. The van der Waals surface area contributed by atoms with Crippen molar-refractivity contribution in [2.45, 2.75) is 50.9 Å². The molecule has 3 amide bonds. The molecule has 0 bridgehead atoms. The molecule has 0 radical (unpaired) electrons. The molecule has 17 nitrogen and oxygen atoms in total. The van der Waals surface area contributed by atoms with E-state index in [1.165, 1.54) is 34.0 Å². The van der Waals surface area contributed by atoms with E-state index in [9.17, 15) is 37.2 Å². The fourth-order valence-electron chi connectivity index (χ4n) is 10.00. The summed E-state index contributed by atoms with van der Waals surface area (Å²) in [6.45, 7) is 5.21. The molecule has 5 aliphatic rings. The van der Waals surface area contributed by atoms with Crippen LogP contribution in [0.3, 0.4) is 0 Å². The highest BCUT2D eigenvalue weighted by molar-refractivity contribution is 7.90. The molecule has 0 spiro atoms. The van der Waals surface area contributed by atoms with Crippen molar-refractivity contribution >= 4 is 55.9 Å². The second-order valence-corrected chi connectivity index (χ2v) is 19.7. The van der Waals surface area contributed by atoms with E-state index in [1.807, 2.05) is 29.2 Å². The van der Waals surface area contributed by atoms with Crippen molar-refractivity contribution in [1.29, 1.82) is 5.26 Å². The van der Waals surface area contributed by atoms with Gasteiger partial charge in [0.1, 0.15) is 35.9 Å². The number of piperidine rings is 2. The lowest BCUT2D eigenvalue weighted by molar-refractivity contribution is -0.136. The average Bonchev–Trinajstić information content (AvgIpc) is 3.94. The number of carbonyl (C=O) groups excluding carboxylic acids is 3. The third-order valence-corrected chi connectivity index (χ3v) is 15.3. The first kappa shape index (κ1) is 45.7. The number of rotatable bonds is 11. The predicted molar refractivity (Wildman–Crippen MR) is 248 cm³/mol. The summed E-state index contributed by atoms with van der Waals surface area (Å²) >= 11 is 0. The van der Waals surface area contributed by atoms with Crippen LogP contribution in [-0.2, 0) is 26.3 Å². The number of fused-ring (bicyclic) bond motifs is 2. The number of alkyl halides is 1. The number of carbonyl (C=O) groups is 3. The predicted octanol–water partition coefficient (Wildman–Crippen LogP) is 4.83. The number of nitrogens with one attached hydrogen (secondary N) is 2. The van der Waals surface area contributed by atoms with Gasteiger partial charge in [0.25, 0.3) is 11.5 Å². The van der Waals surface area contributed by atoms with Crippen molar-refractivity contribution < 1.29 is 40.7 Å². The van der Waals surface area contributed by atoms with E-state index in [2.05, 4.69) is 24.8 Å². The number of piperazine rings is 1. The van der Waals surface area contributed by atoms with Crippen LogP contribution in [0.5, 0.6) is 11.5 Å². The number of hydrogen-bond acceptors (Lipinski definition) is 12.